The number of nitro groups is 1. The molecule has 0 aliphatic heterocycles. The van der Waals surface area contributed by atoms with E-state index in [0.717, 1.165) is 0 Å². The molecule has 0 aliphatic rings. The summed E-state index contributed by atoms with van der Waals surface area (Å²) < 4.78 is 0. The molecule has 1 aromatic carbocycles. The highest BCUT2D eigenvalue weighted by molar-refractivity contribution is 6.27. The molecule has 5 nitrogen and oxygen atoms in total. The Labute approximate surface area is 91.2 Å². The van der Waals surface area contributed by atoms with E-state index in [2.05, 4.69) is 5.32 Å². The van der Waals surface area contributed by atoms with Crippen LogP contribution in [0.4, 0.5) is 5.69 Å². The van der Waals surface area contributed by atoms with Gasteiger partial charge >= 0.3 is 0 Å². The van der Waals surface area contributed by atoms with Crippen LogP contribution in [0.2, 0.25) is 0 Å². The van der Waals surface area contributed by atoms with Crippen molar-refractivity contribution in [2.45, 2.75) is 6.54 Å². The van der Waals surface area contributed by atoms with E-state index >= 15 is 0 Å². The van der Waals surface area contributed by atoms with Crippen molar-refractivity contribution in [1.29, 1.82) is 0 Å². The van der Waals surface area contributed by atoms with Gasteiger partial charge in [0.25, 0.3) is 5.69 Å². The first-order chi connectivity index (χ1) is 7.13. The number of rotatable bonds is 4. The van der Waals surface area contributed by atoms with Crippen molar-refractivity contribution in [3.63, 3.8) is 0 Å². The average Bonchev–Trinajstić information content (AvgIpc) is 2.26. The molecular weight excluding hydrogens is 220 g/mol. The molecule has 6 heteroatoms. The largest absolute Gasteiger partial charge is 0.351 e. The molecule has 0 saturated carbocycles. The number of carbonyl (C=O) groups excluding carboxylic acids is 1. The van der Waals surface area contributed by atoms with Crippen LogP contribution < -0.4 is 5.32 Å². The minimum Gasteiger partial charge on any atom is -0.351 e. The number of amides is 1. The lowest BCUT2D eigenvalue weighted by molar-refractivity contribution is -0.384. The Morgan fingerprint density at radius 2 is 2.27 bits per heavy atom. The number of hydrogen-bond donors (Lipinski definition) is 1. The fraction of sp³-hybridized carbons (Fsp3) is 0.222. The summed E-state index contributed by atoms with van der Waals surface area (Å²) in [4.78, 5) is 20.8. The monoisotopic (exact) mass is 228 g/mol. The van der Waals surface area contributed by atoms with E-state index in [1.165, 1.54) is 12.1 Å². The molecule has 80 valence electrons. The van der Waals surface area contributed by atoms with Crippen LogP contribution >= 0.6 is 11.6 Å². The normalized spacial score (nSPS) is 9.67. The van der Waals surface area contributed by atoms with Crippen LogP contribution in [0.1, 0.15) is 5.56 Å². The maximum absolute atomic E-state index is 10.8. The lowest BCUT2D eigenvalue weighted by Crippen LogP contribution is -2.23. The third-order valence-electron chi connectivity index (χ3n) is 1.73. The molecule has 1 rings (SSSR count). The van der Waals surface area contributed by atoms with E-state index in [9.17, 15) is 14.9 Å². The summed E-state index contributed by atoms with van der Waals surface area (Å²) in [5, 5.41) is 13.0. The molecule has 0 unspecified atom stereocenters. The zero-order valence-electron chi connectivity index (χ0n) is 7.77. The van der Waals surface area contributed by atoms with Crippen LogP contribution in [0, 0.1) is 10.1 Å². The summed E-state index contributed by atoms with van der Waals surface area (Å²) in [6.45, 7) is 0.243. The van der Waals surface area contributed by atoms with E-state index in [4.69, 9.17) is 11.6 Å². The minimum absolute atomic E-state index is 0.00706. The number of benzene rings is 1. The van der Waals surface area contributed by atoms with Gasteiger partial charge in [-0.15, -0.1) is 11.6 Å². The summed E-state index contributed by atoms with van der Waals surface area (Å²) in [6, 6.07) is 6.07. The zero-order chi connectivity index (χ0) is 11.3. The van der Waals surface area contributed by atoms with Crippen molar-refractivity contribution in [3.8, 4) is 0 Å². The number of carbonyl (C=O) groups is 1. The Hall–Kier alpha value is -1.62. The summed E-state index contributed by atoms with van der Waals surface area (Å²) in [5.74, 6) is -0.419. The third-order valence-corrected chi connectivity index (χ3v) is 1.98. The van der Waals surface area contributed by atoms with Gasteiger partial charge in [-0.3, -0.25) is 14.9 Å². The van der Waals surface area contributed by atoms with Gasteiger partial charge in [0, 0.05) is 18.7 Å². The van der Waals surface area contributed by atoms with Crippen molar-refractivity contribution >= 4 is 23.2 Å². The minimum atomic E-state index is -0.479. The standard InChI is InChI=1S/C9H9ClN2O3/c10-5-9(13)11-6-7-2-1-3-8(4-7)12(14)15/h1-4H,5-6H2,(H,11,13). The van der Waals surface area contributed by atoms with Gasteiger partial charge in [0.2, 0.25) is 5.91 Å². The quantitative estimate of drug-likeness (QED) is 0.482. The van der Waals surface area contributed by atoms with Crippen molar-refractivity contribution in [1.82, 2.24) is 5.32 Å². The Kier molecular flexibility index (Phi) is 4.05. The predicted molar refractivity (Wildman–Crippen MR) is 55.7 cm³/mol. The highest BCUT2D eigenvalue weighted by Crippen LogP contribution is 2.12. The van der Waals surface area contributed by atoms with E-state index in [1.54, 1.807) is 12.1 Å². The molecular formula is C9H9ClN2O3. The highest BCUT2D eigenvalue weighted by atomic mass is 35.5. The molecule has 1 N–H and O–H groups in total. The Balaban J connectivity index is 2.66. The van der Waals surface area contributed by atoms with Gasteiger partial charge in [-0.05, 0) is 5.56 Å². The van der Waals surface area contributed by atoms with Gasteiger partial charge in [-0.2, -0.15) is 0 Å². The topological polar surface area (TPSA) is 72.2 Å². The molecule has 15 heavy (non-hydrogen) atoms. The molecule has 0 spiro atoms. The van der Waals surface area contributed by atoms with Crippen LogP contribution in [-0.4, -0.2) is 16.7 Å². The molecule has 0 aliphatic carbocycles. The summed E-state index contributed by atoms with van der Waals surface area (Å²) in [7, 11) is 0. The van der Waals surface area contributed by atoms with Crippen molar-refractivity contribution in [2.75, 3.05) is 5.88 Å². The SMILES string of the molecule is O=C(CCl)NCc1cccc([N+](=O)[O-])c1. The molecule has 0 atom stereocenters. The number of non-ortho nitro benzene ring substituents is 1. The van der Waals surface area contributed by atoms with Crippen LogP contribution in [-0.2, 0) is 11.3 Å². The van der Waals surface area contributed by atoms with Gasteiger partial charge in [0.15, 0.2) is 0 Å². The van der Waals surface area contributed by atoms with Crippen LogP contribution in [0.25, 0.3) is 0 Å². The molecule has 0 saturated heterocycles. The van der Waals surface area contributed by atoms with Gasteiger partial charge in [-0.25, -0.2) is 0 Å². The van der Waals surface area contributed by atoms with Crippen molar-refractivity contribution < 1.29 is 9.72 Å². The number of nitrogens with one attached hydrogen (secondary N) is 1. The van der Waals surface area contributed by atoms with Gasteiger partial charge in [-0.1, -0.05) is 12.1 Å². The van der Waals surface area contributed by atoms with Gasteiger partial charge < -0.3 is 5.32 Å². The molecule has 0 heterocycles. The second-order valence-corrected chi connectivity index (χ2v) is 3.10. The average molecular weight is 229 g/mol. The van der Waals surface area contributed by atoms with E-state index < -0.39 is 4.92 Å². The second-order valence-electron chi connectivity index (χ2n) is 2.84. The highest BCUT2D eigenvalue weighted by Gasteiger charge is 2.05. The van der Waals surface area contributed by atoms with Crippen LogP contribution in [0.15, 0.2) is 24.3 Å². The van der Waals surface area contributed by atoms with Crippen molar-refractivity contribution in [3.05, 3.63) is 39.9 Å². The second kappa shape index (κ2) is 5.31. The van der Waals surface area contributed by atoms with Crippen LogP contribution in [0.5, 0.6) is 0 Å². The lowest BCUT2D eigenvalue weighted by atomic mass is 10.2. The molecule has 0 bridgehead atoms. The number of halogens is 1. The smallest absolute Gasteiger partial charge is 0.269 e. The third kappa shape index (κ3) is 3.55. The molecule has 0 radical (unpaired) electrons. The van der Waals surface area contributed by atoms with E-state index in [0.29, 0.717) is 5.56 Å². The molecule has 1 aromatic rings. The maximum atomic E-state index is 10.8. The predicted octanol–water partition coefficient (Wildman–Crippen LogP) is 1.45. The number of nitrogens with zero attached hydrogens (tertiary/aromatic N) is 1. The summed E-state index contributed by atoms with van der Waals surface area (Å²) in [6.07, 6.45) is 0. The van der Waals surface area contributed by atoms with Crippen LogP contribution in [0.3, 0.4) is 0 Å². The number of nitro benzene ring substituents is 1. The Morgan fingerprint density at radius 3 is 2.87 bits per heavy atom. The van der Waals surface area contributed by atoms with E-state index in [1.807, 2.05) is 0 Å². The molecule has 0 aromatic heterocycles. The number of alkyl halides is 1. The maximum Gasteiger partial charge on any atom is 0.269 e. The zero-order valence-corrected chi connectivity index (χ0v) is 8.53. The van der Waals surface area contributed by atoms with Gasteiger partial charge in [0.05, 0.1) is 4.92 Å². The lowest BCUT2D eigenvalue weighted by Gasteiger charge is -2.02. The Bertz CT molecular complexity index is 381. The first-order valence-electron chi connectivity index (χ1n) is 4.19. The molecule has 0 fully saturated rings. The van der Waals surface area contributed by atoms with E-state index in [-0.39, 0.29) is 24.0 Å². The number of hydrogen-bond acceptors (Lipinski definition) is 3. The first-order valence-corrected chi connectivity index (χ1v) is 4.73. The Morgan fingerprint density at radius 1 is 1.53 bits per heavy atom. The fourth-order valence-corrected chi connectivity index (χ4v) is 1.12. The summed E-state index contributed by atoms with van der Waals surface area (Å²) in [5.41, 5.74) is 0.676. The van der Waals surface area contributed by atoms with Gasteiger partial charge in [0.1, 0.15) is 5.88 Å². The fourth-order valence-electron chi connectivity index (χ4n) is 1.03. The van der Waals surface area contributed by atoms with Crippen molar-refractivity contribution in [2.24, 2.45) is 0 Å². The molecule has 1 amide bonds. The summed E-state index contributed by atoms with van der Waals surface area (Å²) >= 11 is 5.28. The first kappa shape index (κ1) is 11.5.